The van der Waals surface area contributed by atoms with E-state index in [0.717, 1.165) is 27.6 Å². The third-order valence-corrected chi connectivity index (χ3v) is 5.47. The van der Waals surface area contributed by atoms with E-state index in [2.05, 4.69) is 25.7 Å². The molecule has 3 aromatic rings. The molecule has 1 N–H and O–H groups in total. The number of para-hydroxylation sites is 1. The van der Waals surface area contributed by atoms with Gasteiger partial charge in [-0.15, -0.1) is 20.4 Å². The highest BCUT2D eigenvalue weighted by Gasteiger charge is 2.12. The van der Waals surface area contributed by atoms with Crippen LogP contribution in [0.2, 0.25) is 0 Å². The molecule has 1 amide bonds. The van der Waals surface area contributed by atoms with Crippen molar-refractivity contribution in [1.29, 1.82) is 0 Å². The zero-order valence-corrected chi connectivity index (χ0v) is 16.2. The zero-order chi connectivity index (χ0) is 18.2. The van der Waals surface area contributed by atoms with Crippen LogP contribution in [-0.4, -0.2) is 37.8 Å². The molecular weight excluding hydrogens is 394 g/mol. The number of ether oxygens (including phenoxy) is 1. The van der Waals surface area contributed by atoms with Crippen molar-refractivity contribution in [3.8, 4) is 5.75 Å². The Kier molecular flexibility index (Phi) is 6.86. The molecule has 2 aromatic heterocycles. The number of hydrogen-bond acceptors (Lipinski definition) is 10. The molecular formula is C15H15N5O3S3. The number of rotatable bonds is 9. The van der Waals surface area contributed by atoms with Gasteiger partial charge in [0.05, 0.1) is 5.75 Å². The molecule has 0 aliphatic heterocycles. The van der Waals surface area contributed by atoms with E-state index in [1.807, 2.05) is 37.3 Å². The monoisotopic (exact) mass is 409 g/mol. The Balaban J connectivity index is 1.43. The molecule has 2 heterocycles. The Morgan fingerprint density at radius 1 is 1.19 bits per heavy atom. The number of amides is 1. The maximum atomic E-state index is 12.0. The molecule has 0 saturated carbocycles. The minimum Gasteiger partial charge on any atom is -0.484 e. The van der Waals surface area contributed by atoms with Gasteiger partial charge in [0.25, 0.3) is 11.1 Å². The molecule has 0 unspecified atom stereocenters. The Hall–Kier alpha value is -2.11. The molecule has 26 heavy (non-hydrogen) atoms. The third-order valence-electron chi connectivity index (χ3n) is 2.80. The van der Waals surface area contributed by atoms with Crippen LogP contribution in [0.5, 0.6) is 5.75 Å². The van der Waals surface area contributed by atoms with Crippen molar-refractivity contribution >= 4 is 45.9 Å². The molecule has 11 heteroatoms. The topological polar surface area (TPSA) is 103 Å². The standard InChI is InChI=1S/C15H15N5O3S3/c1-2-24-15-20-18-13(26-15)16-11(21)9-25-14-19-17-12(23-14)8-22-10-6-4-3-5-7-10/h3-7H,2,8-9H2,1H3,(H,16,18,21). The molecule has 0 saturated heterocycles. The fourth-order valence-corrected chi connectivity index (χ4v) is 3.99. The summed E-state index contributed by atoms with van der Waals surface area (Å²) < 4.78 is 11.8. The number of hydrogen-bond donors (Lipinski definition) is 1. The average molecular weight is 410 g/mol. The number of carbonyl (C=O) groups excluding carboxylic acids is 1. The first-order valence-electron chi connectivity index (χ1n) is 7.62. The van der Waals surface area contributed by atoms with Crippen molar-refractivity contribution in [2.75, 3.05) is 16.8 Å². The van der Waals surface area contributed by atoms with Crippen LogP contribution in [0.3, 0.4) is 0 Å². The van der Waals surface area contributed by atoms with Crippen LogP contribution < -0.4 is 10.1 Å². The minimum atomic E-state index is -0.209. The number of nitrogens with zero attached hydrogens (tertiary/aromatic N) is 4. The SMILES string of the molecule is CCSc1nnc(NC(=O)CSc2nnc(COc3ccccc3)o2)s1. The van der Waals surface area contributed by atoms with Gasteiger partial charge in [-0.1, -0.05) is 60.0 Å². The van der Waals surface area contributed by atoms with E-state index in [4.69, 9.17) is 9.15 Å². The lowest BCUT2D eigenvalue weighted by Gasteiger charge is -2.01. The van der Waals surface area contributed by atoms with Crippen LogP contribution in [0.4, 0.5) is 5.13 Å². The van der Waals surface area contributed by atoms with Crippen molar-refractivity contribution in [2.24, 2.45) is 0 Å². The van der Waals surface area contributed by atoms with Crippen LogP contribution in [0.25, 0.3) is 0 Å². The van der Waals surface area contributed by atoms with Gasteiger partial charge in [-0.3, -0.25) is 10.1 Å². The number of thioether (sulfide) groups is 2. The lowest BCUT2D eigenvalue weighted by atomic mass is 10.3. The van der Waals surface area contributed by atoms with Crippen LogP contribution >= 0.6 is 34.9 Å². The van der Waals surface area contributed by atoms with Crippen LogP contribution in [-0.2, 0) is 11.4 Å². The highest BCUT2D eigenvalue weighted by molar-refractivity contribution is 8.01. The van der Waals surface area contributed by atoms with E-state index >= 15 is 0 Å². The van der Waals surface area contributed by atoms with E-state index in [1.54, 1.807) is 11.8 Å². The average Bonchev–Trinajstić information content (AvgIpc) is 3.29. The molecule has 136 valence electrons. The fraction of sp³-hybridized carbons (Fsp3) is 0.267. The van der Waals surface area contributed by atoms with Crippen molar-refractivity contribution in [2.45, 2.75) is 23.1 Å². The Morgan fingerprint density at radius 2 is 2.04 bits per heavy atom. The summed E-state index contributed by atoms with van der Waals surface area (Å²) in [7, 11) is 0. The van der Waals surface area contributed by atoms with Gasteiger partial charge in [0.1, 0.15) is 5.75 Å². The van der Waals surface area contributed by atoms with E-state index in [0.29, 0.717) is 16.2 Å². The highest BCUT2D eigenvalue weighted by Crippen LogP contribution is 2.25. The van der Waals surface area contributed by atoms with Gasteiger partial charge < -0.3 is 9.15 Å². The summed E-state index contributed by atoms with van der Waals surface area (Å²) in [5, 5.41) is 19.2. The zero-order valence-electron chi connectivity index (χ0n) is 13.7. The van der Waals surface area contributed by atoms with Gasteiger partial charge in [-0.25, -0.2) is 0 Å². The summed E-state index contributed by atoms with van der Waals surface area (Å²) in [6.45, 7) is 2.21. The molecule has 8 nitrogen and oxygen atoms in total. The van der Waals surface area contributed by atoms with Crippen LogP contribution in [0.15, 0.2) is 44.3 Å². The summed E-state index contributed by atoms with van der Waals surface area (Å²) in [5.41, 5.74) is 0. The van der Waals surface area contributed by atoms with Crippen molar-refractivity contribution in [1.82, 2.24) is 20.4 Å². The minimum absolute atomic E-state index is 0.136. The Labute approximate surface area is 162 Å². The first kappa shape index (κ1) is 18.7. The summed E-state index contributed by atoms with van der Waals surface area (Å²) in [5.74, 6) is 1.90. The van der Waals surface area contributed by atoms with Crippen molar-refractivity contribution in [3.05, 3.63) is 36.2 Å². The maximum absolute atomic E-state index is 12.0. The molecule has 3 rings (SSSR count). The van der Waals surface area contributed by atoms with Gasteiger partial charge in [0, 0.05) is 0 Å². The second-order valence-electron chi connectivity index (χ2n) is 4.71. The normalized spacial score (nSPS) is 10.7. The first-order valence-corrected chi connectivity index (χ1v) is 10.4. The fourth-order valence-electron chi connectivity index (χ4n) is 1.74. The molecule has 0 spiro atoms. The number of anilines is 1. The molecule has 0 aliphatic carbocycles. The predicted octanol–water partition coefficient (Wildman–Crippen LogP) is 3.34. The largest absolute Gasteiger partial charge is 0.484 e. The van der Waals surface area contributed by atoms with Crippen LogP contribution in [0, 0.1) is 0 Å². The van der Waals surface area contributed by atoms with Gasteiger partial charge in [0.15, 0.2) is 10.9 Å². The predicted molar refractivity (Wildman–Crippen MR) is 101 cm³/mol. The van der Waals surface area contributed by atoms with Gasteiger partial charge in [-0.05, 0) is 17.9 Å². The smallest absolute Gasteiger partial charge is 0.277 e. The lowest BCUT2D eigenvalue weighted by molar-refractivity contribution is -0.113. The third kappa shape index (κ3) is 5.71. The van der Waals surface area contributed by atoms with E-state index in [9.17, 15) is 4.79 Å². The van der Waals surface area contributed by atoms with Gasteiger partial charge in [0.2, 0.25) is 11.0 Å². The summed E-state index contributed by atoms with van der Waals surface area (Å²) >= 11 is 4.08. The Bertz CT molecular complexity index is 840. The highest BCUT2D eigenvalue weighted by atomic mass is 32.2. The quantitative estimate of drug-likeness (QED) is 0.421. The maximum Gasteiger partial charge on any atom is 0.277 e. The number of aromatic nitrogens is 4. The number of nitrogens with one attached hydrogen (secondary N) is 1. The second kappa shape index (κ2) is 9.55. The molecule has 1 aromatic carbocycles. The summed E-state index contributed by atoms with van der Waals surface area (Å²) in [6.07, 6.45) is 0. The van der Waals surface area contributed by atoms with E-state index in [1.165, 1.54) is 11.3 Å². The van der Waals surface area contributed by atoms with E-state index < -0.39 is 0 Å². The molecule has 0 aliphatic rings. The second-order valence-corrected chi connectivity index (χ2v) is 8.12. The number of benzene rings is 1. The molecule has 0 fully saturated rings. The van der Waals surface area contributed by atoms with Crippen molar-refractivity contribution < 1.29 is 13.9 Å². The van der Waals surface area contributed by atoms with E-state index in [-0.39, 0.29) is 18.3 Å². The Morgan fingerprint density at radius 3 is 2.85 bits per heavy atom. The lowest BCUT2D eigenvalue weighted by Crippen LogP contribution is -2.13. The van der Waals surface area contributed by atoms with Gasteiger partial charge >= 0.3 is 0 Å². The molecule has 0 atom stereocenters. The molecule has 0 radical (unpaired) electrons. The van der Waals surface area contributed by atoms with Crippen molar-refractivity contribution in [3.63, 3.8) is 0 Å². The summed E-state index contributed by atoms with van der Waals surface area (Å²) in [4.78, 5) is 12.0. The summed E-state index contributed by atoms with van der Waals surface area (Å²) in [6, 6.07) is 9.35. The number of carbonyl (C=O) groups is 1. The van der Waals surface area contributed by atoms with Gasteiger partial charge in [-0.2, -0.15) is 0 Å². The molecule has 0 bridgehead atoms. The first-order chi connectivity index (χ1) is 12.7. The van der Waals surface area contributed by atoms with Crippen LogP contribution in [0.1, 0.15) is 12.8 Å².